The lowest BCUT2D eigenvalue weighted by atomic mass is 10.2. The van der Waals surface area contributed by atoms with Crippen molar-refractivity contribution in [3.8, 4) is 0 Å². The first-order chi connectivity index (χ1) is 7.68. The second-order valence-corrected chi connectivity index (χ2v) is 4.21. The standard InChI is InChI=1S/C8H10F3N3O2S/c9-8(10,11)7(1-2-7)14-6(16)5(15)13-3-4(12)17/h1-3H2,(H2,12,17)(H,13,15)(H,14,16). The molecule has 1 aliphatic rings. The molecule has 1 fully saturated rings. The van der Waals surface area contributed by atoms with Gasteiger partial charge < -0.3 is 16.4 Å². The van der Waals surface area contributed by atoms with Crippen molar-refractivity contribution in [1.29, 1.82) is 0 Å². The summed E-state index contributed by atoms with van der Waals surface area (Å²) in [5.74, 6) is -2.52. The number of carbonyl (C=O) groups excluding carboxylic acids is 2. The minimum Gasteiger partial charge on any atom is -0.392 e. The lowest BCUT2D eigenvalue weighted by Gasteiger charge is -2.20. The molecule has 96 valence electrons. The Morgan fingerprint density at radius 1 is 1.29 bits per heavy atom. The van der Waals surface area contributed by atoms with Crippen LogP contribution in [0.1, 0.15) is 12.8 Å². The molecule has 0 aromatic carbocycles. The summed E-state index contributed by atoms with van der Waals surface area (Å²) in [7, 11) is 0. The summed E-state index contributed by atoms with van der Waals surface area (Å²) in [6.45, 7) is -0.236. The third-order valence-electron chi connectivity index (χ3n) is 2.27. The van der Waals surface area contributed by atoms with Crippen molar-refractivity contribution in [1.82, 2.24) is 10.6 Å². The third-order valence-corrected chi connectivity index (χ3v) is 2.42. The number of nitrogens with two attached hydrogens (primary N) is 1. The zero-order chi connectivity index (χ0) is 13.3. The fourth-order valence-electron chi connectivity index (χ4n) is 1.13. The number of hydrogen-bond donors (Lipinski definition) is 3. The zero-order valence-electron chi connectivity index (χ0n) is 8.56. The molecule has 9 heteroatoms. The highest BCUT2D eigenvalue weighted by molar-refractivity contribution is 7.80. The molecule has 0 aliphatic heterocycles. The van der Waals surface area contributed by atoms with Crippen molar-refractivity contribution in [3.63, 3.8) is 0 Å². The molecule has 0 bridgehead atoms. The number of amides is 2. The lowest BCUT2D eigenvalue weighted by molar-refractivity contribution is -0.171. The fraction of sp³-hybridized carbons (Fsp3) is 0.625. The molecule has 0 atom stereocenters. The lowest BCUT2D eigenvalue weighted by Crippen LogP contribution is -2.53. The van der Waals surface area contributed by atoms with Gasteiger partial charge in [-0.05, 0) is 12.8 Å². The highest BCUT2D eigenvalue weighted by atomic mass is 32.1. The van der Waals surface area contributed by atoms with Crippen LogP contribution in [-0.2, 0) is 9.59 Å². The highest BCUT2D eigenvalue weighted by Crippen LogP contribution is 2.48. The second-order valence-electron chi connectivity index (χ2n) is 3.68. The summed E-state index contributed by atoms with van der Waals surface area (Å²) < 4.78 is 37.3. The van der Waals surface area contributed by atoms with Gasteiger partial charge in [0, 0.05) is 0 Å². The van der Waals surface area contributed by atoms with E-state index >= 15 is 0 Å². The topological polar surface area (TPSA) is 84.2 Å². The molecule has 1 rings (SSSR count). The van der Waals surface area contributed by atoms with Crippen molar-refractivity contribution in [2.45, 2.75) is 24.6 Å². The molecule has 0 radical (unpaired) electrons. The first-order valence-corrected chi connectivity index (χ1v) is 5.04. The van der Waals surface area contributed by atoms with E-state index in [1.165, 1.54) is 0 Å². The van der Waals surface area contributed by atoms with Crippen LogP contribution >= 0.6 is 12.2 Å². The summed E-state index contributed by atoms with van der Waals surface area (Å²) >= 11 is 4.43. The number of nitrogens with one attached hydrogen (secondary N) is 2. The third kappa shape index (κ3) is 3.29. The van der Waals surface area contributed by atoms with Crippen LogP contribution in [-0.4, -0.2) is 35.1 Å². The largest absolute Gasteiger partial charge is 0.411 e. The smallest absolute Gasteiger partial charge is 0.392 e. The molecule has 17 heavy (non-hydrogen) atoms. The molecule has 0 heterocycles. The van der Waals surface area contributed by atoms with Crippen LogP contribution < -0.4 is 16.4 Å². The van der Waals surface area contributed by atoms with Crippen molar-refractivity contribution in [2.75, 3.05) is 6.54 Å². The minimum absolute atomic E-state index is 0.0666. The maximum absolute atomic E-state index is 12.4. The molecule has 0 spiro atoms. The maximum Gasteiger partial charge on any atom is 0.411 e. The molecule has 0 unspecified atom stereocenters. The molecule has 0 aromatic rings. The van der Waals surface area contributed by atoms with Crippen LogP contribution in [0.2, 0.25) is 0 Å². The van der Waals surface area contributed by atoms with Gasteiger partial charge in [0.15, 0.2) is 0 Å². The molecule has 1 saturated carbocycles. The van der Waals surface area contributed by atoms with Gasteiger partial charge >= 0.3 is 18.0 Å². The Hall–Kier alpha value is -1.38. The number of rotatable bonds is 3. The monoisotopic (exact) mass is 269 g/mol. The average molecular weight is 269 g/mol. The van der Waals surface area contributed by atoms with Gasteiger partial charge in [-0.2, -0.15) is 13.2 Å². The van der Waals surface area contributed by atoms with E-state index < -0.39 is 23.5 Å². The van der Waals surface area contributed by atoms with Crippen molar-refractivity contribution >= 4 is 29.0 Å². The summed E-state index contributed by atoms with van der Waals surface area (Å²) in [5.41, 5.74) is 2.81. The number of hydrogen-bond acceptors (Lipinski definition) is 3. The van der Waals surface area contributed by atoms with Gasteiger partial charge in [-0.25, -0.2) is 0 Å². The Morgan fingerprint density at radius 3 is 2.18 bits per heavy atom. The SMILES string of the molecule is NC(=S)CNC(=O)C(=O)NC1(C(F)(F)F)CC1. The molecular weight excluding hydrogens is 259 g/mol. The van der Waals surface area contributed by atoms with Crippen molar-refractivity contribution in [2.24, 2.45) is 5.73 Å². The molecule has 2 amide bonds. The van der Waals surface area contributed by atoms with Crippen LogP contribution in [0, 0.1) is 0 Å². The molecule has 0 saturated heterocycles. The maximum atomic E-state index is 12.4. The van der Waals surface area contributed by atoms with Crippen LogP contribution in [0.5, 0.6) is 0 Å². The number of halogens is 3. The van der Waals surface area contributed by atoms with Crippen LogP contribution in [0.15, 0.2) is 0 Å². The summed E-state index contributed by atoms with van der Waals surface area (Å²) in [6, 6.07) is 0. The average Bonchev–Trinajstić information content (AvgIpc) is 2.93. The van der Waals surface area contributed by atoms with Crippen molar-refractivity contribution in [3.05, 3.63) is 0 Å². The number of thiocarbonyl (C=S) groups is 1. The predicted octanol–water partition coefficient (Wildman–Crippen LogP) is -0.400. The van der Waals surface area contributed by atoms with Crippen molar-refractivity contribution < 1.29 is 22.8 Å². The Labute approximate surface area is 99.9 Å². The quantitative estimate of drug-likeness (QED) is 0.481. The van der Waals surface area contributed by atoms with Gasteiger partial charge in [-0.15, -0.1) is 0 Å². The predicted molar refractivity (Wildman–Crippen MR) is 56.0 cm³/mol. The Balaban J connectivity index is 2.50. The van der Waals surface area contributed by atoms with E-state index in [1.807, 2.05) is 5.32 Å². The van der Waals surface area contributed by atoms with Gasteiger partial charge in [0.25, 0.3) is 0 Å². The van der Waals surface area contributed by atoms with E-state index in [1.54, 1.807) is 5.32 Å². The van der Waals surface area contributed by atoms with Crippen LogP contribution in [0.3, 0.4) is 0 Å². The first kappa shape index (κ1) is 13.7. The fourth-order valence-corrected chi connectivity index (χ4v) is 1.20. The Bertz CT molecular complexity index is 366. The number of carbonyl (C=O) groups is 2. The van der Waals surface area contributed by atoms with Crippen LogP contribution in [0.4, 0.5) is 13.2 Å². The zero-order valence-corrected chi connectivity index (χ0v) is 9.37. The molecule has 5 nitrogen and oxygen atoms in total. The van der Waals surface area contributed by atoms with Gasteiger partial charge in [0.2, 0.25) is 0 Å². The Kier molecular flexibility index (Phi) is 3.60. The molecule has 4 N–H and O–H groups in total. The number of alkyl halides is 3. The van der Waals surface area contributed by atoms with Gasteiger partial charge in [0.05, 0.1) is 11.5 Å². The van der Waals surface area contributed by atoms with E-state index in [4.69, 9.17) is 5.73 Å². The Morgan fingerprint density at radius 2 is 1.82 bits per heavy atom. The molecule has 1 aliphatic carbocycles. The van der Waals surface area contributed by atoms with E-state index in [0.717, 1.165) is 0 Å². The summed E-state index contributed by atoms with van der Waals surface area (Å²) in [6.07, 6.45) is -4.98. The summed E-state index contributed by atoms with van der Waals surface area (Å²) in [5, 5.41) is 3.67. The summed E-state index contributed by atoms with van der Waals surface area (Å²) in [4.78, 5) is 22.2. The van der Waals surface area contributed by atoms with E-state index in [9.17, 15) is 22.8 Å². The minimum atomic E-state index is -4.55. The van der Waals surface area contributed by atoms with Gasteiger partial charge in [-0.3, -0.25) is 9.59 Å². The van der Waals surface area contributed by atoms with E-state index in [0.29, 0.717) is 0 Å². The van der Waals surface area contributed by atoms with Gasteiger partial charge in [0.1, 0.15) is 5.54 Å². The molecular formula is C8H10F3N3O2S. The molecule has 0 aromatic heterocycles. The normalized spacial score (nSPS) is 17.1. The van der Waals surface area contributed by atoms with E-state index in [2.05, 4.69) is 12.2 Å². The highest BCUT2D eigenvalue weighted by Gasteiger charge is 2.64. The first-order valence-electron chi connectivity index (χ1n) is 4.63. The van der Waals surface area contributed by atoms with Crippen LogP contribution in [0.25, 0.3) is 0 Å². The van der Waals surface area contributed by atoms with E-state index in [-0.39, 0.29) is 24.4 Å². The van der Waals surface area contributed by atoms with Gasteiger partial charge in [-0.1, -0.05) is 12.2 Å². The second kappa shape index (κ2) is 4.47.